The fourth-order valence-corrected chi connectivity index (χ4v) is 3.21. The maximum Gasteiger partial charge on any atom is 0.251 e. The topological polar surface area (TPSA) is 62.2 Å². The summed E-state index contributed by atoms with van der Waals surface area (Å²) in [5.74, 6) is 0.133. The number of amides is 1. The Bertz CT molecular complexity index is 858. The number of nitrogens with zero attached hydrogens (tertiary/aromatic N) is 1. The Morgan fingerprint density at radius 1 is 1.21 bits per heavy atom. The molecule has 2 N–H and O–H groups in total. The summed E-state index contributed by atoms with van der Waals surface area (Å²) in [6.45, 7) is 2.42. The number of phenolic OH excluding ortho intramolecular Hbond substituents is 1. The van der Waals surface area contributed by atoms with Gasteiger partial charge in [0.2, 0.25) is 0 Å². The number of carbonyl (C=O) groups is 1. The van der Waals surface area contributed by atoms with E-state index < -0.39 is 0 Å². The minimum absolute atomic E-state index is 0.124. The summed E-state index contributed by atoms with van der Waals surface area (Å²) in [6, 6.07) is 14.6. The van der Waals surface area contributed by atoms with Gasteiger partial charge in [0.15, 0.2) is 0 Å². The summed E-state index contributed by atoms with van der Waals surface area (Å²) in [5.41, 5.74) is 3.36. The third-order valence-electron chi connectivity index (χ3n) is 3.66. The summed E-state index contributed by atoms with van der Waals surface area (Å²) in [4.78, 5) is 16.8. The molecule has 0 saturated carbocycles. The number of hydrogen-bond donors (Lipinski definition) is 2. The lowest BCUT2D eigenvalue weighted by Gasteiger charge is -2.07. The molecule has 0 aliphatic carbocycles. The molecule has 4 nitrogen and oxygen atoms in total. The van der Waals surface area contributed by atoms with Gasteiger partial charge in [-0.05, 0) is 37.1 Å². The van der Waals surface area contributed by atoms with Crippen molar-refractivity contribution in [2.75, 3.05) is 6.54 Å². The first-order valence-electron chi connectivity index (χ1n) is 7.71. The summed E-state index contributed by atoms with van der Waals surface area (Å²) in [6.07, 6.45) is 0.587. The van der Waals surface area contributed by atoms with Crippen LogP contribution < -0.4 is 5.32 Å². The molecule has 0 saturated heterocycles. The lowest BCUT2D eigenvalue weighted by Crippen LogP contribution is -2.25. The van der Waals surface area contributed by atoms with Gasteiger partial charge < -0.3 is 10.4 Å². The van der Waals surface area contributed by atoms with Crippen molar-refractivity contribution in [3.63, 3.8) is 0 Å². The fraction of sp³-hybridized carbons (Fsp3) is 0.158. The number of aryl methyl sites for hydroxylation is 1. The SMILES string of the molecule is Cc1csc(-c2cccc(C(=O)NCCc3ccccc3O)c2)n1. The van der Waals surface area contributed by atoms with E-state index in [1.807, 2.05) is 42.6 Å². The van der Waals surface area contributed by atoms with Gasteiger partial charge in [0, 0.05) is 28.7 Å². The van der Waals surface area contributed by atoms with Crippen molar-refractivity contribution in [1.29, 1.82) is 0 Å². The van der Waals surface area contributed by atoms with Crippen LogP contribution in [0.3, 0.4) is 0 Å². The lowest BCUT2D eigenvalue weighted by atomic mass is 10.1. The summed E-state index contributed by atoms with van der Waals surface area (Å²) >= 11 is 1.57. The zero-order chi connectivity index (χ0) is 16.9. The first-order chi connectivity index (χ1) is 11.6. The standard InChI is InChI=1S/C19H18N2O2S/c1-13-12-24-19(21-13)16-7-4-6-15(11-16)18(23)20-10-9-14-5-2-3-8-17(14)22/h2-8,11-12,22H,9-10H2,1H3,(H,20,23). The van der Waals surface area contributed by atoms with E-state index in [1.165, 1.54) is 0 Å². The van der Waals surface area contributed by atoms with Gasteiger partial charge in [-0.25, -0.2) is 4.98 Å². The van der Waals surface area contributed by atoms with E-state index in [4.69, 9.17) is 0 Å². The van der Waals surface area contributed by atoms with Gasteiger partial charge in [0.1, 0.15) is 10.8 Å². The van der Waals surface area contributed by atoms with Crippen molar-refractivity contribution in [1.82, 2.24) is 10.3 Å². The number of hydrogen-bond acceptors (Lipinski definition) is 4. The third-order valence-corrected chi connectivity index (χ3v) is 4.67. The average Bonchev–Trinajstić information content (AvgIpc) is 3.03. The minimum Gasteiger partial charge on any atom is -0.508 e. The molecule has 0 radical (unpaired) electrons. The summed E-state index contributed by atoms with van der Waals surface area (Å²) in [5, 5.41) is 15.5. The van der Waals surface area contributed by atoms with Crippen molar-refractivity contribution in [3.8, 4) is 16.3 Å². The van der Waals surface area contributed by atoms with Gasteiger partial charge in [-0.15, -0.1) is 11.3 Å². The van der Waals surface area contributed by atoms with Crippen molar-refractivity contribution in [2.45, 2.75) is 13.3 Å². The van der Waals surface area contributed by atoms with E-state index in [0.717, 1.165) is 21.8 Å². The van der Waals surface area contributed by atoms with Crippen LogP contribution in [0, 0.1) is 6.92 Å². The first-order valence-corrected chi connectivity index (χ1v) is 8.59. The molecule has 0 aliphatic heterocycles. The molecule has 0 atom stereocenters. The number of carbonyl (C=O) groups excluding carboxylic acids is 1. The highest BCUT2D eigenvalue weighted by Crippen LogP contribution is 2.24. The quantitative estimate of drug-likeness (QED) is 0.744. The molecule has 1 amide bonds. The van der Waals surface area contributed by atoms with Crippen molar-refractivity contribution in [2.24, 2.45) is 0 Å². The maximum absolute atomic E-state index is 12.3. The molecule has 2 aromatic carbocycles. The van der Waals surface area contributed by atoms with Crippen molar-refractivity contribution >= 4 is 17.2 Å². The normalized spacial score (nSPS) is 10.5. The molecule has 0 unspecified atom stereocenters. The van der Waals surface area contributed by atoms with Gasteiger partial charge in [-0.3, -0.25) is 4.79 Å². The Morgan fingerprint density at radius 2 is 2.04 bits per heavy atom. The van der Waals surface area contributed by atoms with Crippen LogP contribution in [-0.4, -0.2) is 22.5 Å². The van der Waals surface area contributed by atoms with Crippen LogP contribution in [0.15, 0.2) is 53.9 Å². The zero-order valence-corrected chi connectivity index (χ0v) is 14.1. The van der Waals surface area contributed by atoms with E-state index in [9.17, 15) is 9.90 Å². The first kappa shape index (κ1) is 16.2. The van der Waals surface area contributed by atoms with Gasteiger partial charge in [0.25, 0.3) is 5.91 Å². The highest BCUT2D eigenvalue weighted by Gasteiger charge is 2.09. The summed E-state index contributed by atoms with van der Waals surface area (Å²) in [7, 11) is 0. The number of rotatable bonds is 5. The van der Waals surface area contributed by atoms with E-state index in [-0.39, 0.29) is 11.7 Å². The van der Waals surface area contributed by atoms with Crippen LogP contribution in [0.4, 0.5) is 0 Å². The van der Waals surface area contributed by atoms with Gasteiger partial charge in [-0.1, -0.05) is 30.3 Å². The van der Waals surface area contributed by atoms with Gasteiger partial charge in [-0.2, -0.15) is 0 Å². The van der Waals surface area contributed by atoms with Gasteiger partial charge >= 0.3 is 0 Å². The Balaban J connectivity index is 1.64. The molecule has 3 rings (SSSR count). The predicted molar refractivity (Wildman–Crippen MR) is 96.4 cm³/mol. The predicted octanol–water partition coefficient (Wildman–Crippen LogP) is 3.80. The number of aromatic nitrogens is 1. The minimum atomic E-state index is -0.124. The van der Waals surface area contributed by atoms with E-state index >= 15 is 0 Å². The molecule has 3 aromatic rings. The molecule has 0 aliphatic rings. The number of thiazole rings is 1. The second-order valence-corrected chi connectivity index (χ2v) is 6.37. The van der Waals surface area contributed by atoms with E-state index in [0.29, 0.717) is 18.5 Å². The number of benzene rings is 2. The zero-order valence-electron chi connectivity index (χ0n) is 13.3. The van der Waals surface area contributed by atoms with Crippen LogP contribution in [0.5, 0.6) is 5.75 Å². The van der Waals surface area contributed by atoms with Crippen LogP contribution in [0.1, 0.15) is 21.6 Å². The monoisotopic (exact) mass is 338 g/mol. The average molecular weight is 338 g/mol. The maximum atomic E-state index is 12.3. The highest BCUT2D eigenvalue weighted by atomic mass is 32.1. The Labute approximate surface area is 144 Å². The second-order valence-electron chi connectivity index (χ2n) is 5.51. The van der Waals surface area contributed by atoms with Crippen LogP contribution in [0.25, 0.3) is 10.6 Å². The second kappa shape index (κ2) is 7.27. The molecular formula is C19H18N2O2S. The smallest absolute Gasteiger partial charge is 0.251 e. The molecule has 5 heteroatoms. The molecule has 0 spiro atoms. The molecule has 1 heterocycles. The third kappa shape index (κ3) is 3.81. The Morgan fingerprint density at radius 3 is 2.79 bits per heavy atom. The molecule has 122 valence electrons. The van der Waals surface area contributed by atoms with Crippen molar-refractivity contribution in [3.05, 3.63) is 70.7 Å². The number of phenols is 1. The molecule has 0 fully saturated rings. The number of para-hydroxylation sites is 1. The molecular weight excluding hydrogens is 320 g/mol. The largest absolute Gasteiger partial charge is 0.508 e. The lowest BCUT2D eigenvalue weighted by molar-refractivity contribution is 0.0954. The Kier molecular flexibility index (Phi) is 4.91. The van der Waals surface area contributed by atoms with E-state index in [2.05, 4.69) is 10.3 Å². The Hall–Kier alpha value is -2.66. The molecule has 1 aromatic heterocycles. The molecule has 0 bridgehead atoms. The molecule has 24 heavy (non-hydrogen) atoms. The van der Waals surface area contributed by atoms with Crippen molar-refractivity contribution < 1.29 is 9.90 Å². The van der Waals surface area contributed by atoms with Crippen LogP contribution in [-0.2, 0) is 6.42 Å². The van der Waals surface area contributed by atoms with Crippen LogP contribution >= 0.6 is 11.3 Å². The fourth-order valence-electron chi connectivity index (χ4n) is 2.42. The van der Waals surface area contributed by atoms with Gasteiger partial charge in [0.05, 0.1) is 0 Å². The number of nitrogens with one attached hydrogen (secondary N) is 1. The van der Waals surface area contributed by atoms with Crippen LogP contribution in [0.2, 0.25) is 0 Å². The number of aromatic hydroxyl groups is 1. The highest BCUT2D eigenvalue weighted by molar-refractivity contribution is 7.13. The van der Waals surface area contributed by atoms with E-state index in [1.54, 1.807) is 29.5 Å². The summed E-state index contributed by atoms with van der Waals surface area (Å²) < 4.78 is 0.